The molecule has 2 aliphatic rings. The number of fused-ring (bicyclic) bond motifs is 2. The Morgan fingerprint density at radius 2 is 1.52 bits per heavy atom. The van der Waals surface area contributed by atoms with Crippen LogP contribution >= 0.6 is 15.9 Å². The Morgan fingerprint density at radius 1 is 0.810 bits per heavy atom. The monoisotopic (exact) mass is 342 g/mol. The molecule has 1 unspecified atom stereocenters. The zero-order valence-electron chi connectivity index (χ0n) is 12.1. The van der Waals surface area contributed by atoms with Crippen molar-refractivity contribution < 1.29 is 4.74 Å². The second kappa shape index (κ2) is 5.49. The van der Waals surface area contributed by atoms with Crippen LogP contribution < -0.4 is 4.74 Å². The van der Waals surface area contributed by atoms with Crippen LogP contribution in [0.3, 0.4) is 0 Å². The van der Waals surface area contributed by atoms with Crippen molar-refractivity contribution in [2.24, 2.45) is 0 Å². The lowest BCUT2D eigenvalue weighted by molar-refractivity contribution is 0.288. The second-order valence-electron chi connectivity index (χ2n) is 6.06. The lowest BCUT2D eigenvalue weighted by Crippen LogP contribution is -2.08. The maximum absolute atomic E-state index is 5.71. The quantitative estimate of drug-likeness (QED) is 0.699. The maximum Gasteiger partial charge on any atom is 0.122 e. The minimum atomic E-state index is 0.274. The zero-order valence-corrected chi connectivity index (χ0v) is 13.7. The average molecular weight is 343 g/mol. The van der Waals surface area contributed by atoms with Crippen LogP contribution in [0, 0.1) is 0 Å². The molecule has 0 saturated heterocycles. The van der Waals surface area contributed by atoms with E-state index in [-0.39, 0.29) is 4.83 Å². The first-order chi connectivity index (χ1) is 10.3. The van der Waals surface area contributed by atoms with Gasteiger partial charge in [0.2, 0.25) is 0 Å². The van der Waals surface area contributed by atoms with Crippen molar-refractivity contribution in [1.29, 1.82) is 0 Å². The van der Waals surface area contributed by atoms with Gasteiger partial charge in [-0.15, -0.1) is 0 Å². The zero-order chi connectivity index (χ0) is 14.2. The number of ether oxygens (including phenoxy) is 1. The summed E-state index contributed by atoms with van der Waals surface area (Å²) in [5, 5.41) is 0. The predicted molar refractivity (Wildman–Crippen MR) is 89.5 cm³/mol. The van der Waals surface area contributed by atoms with Gasteiger partial charge in [-0.3, -0.25) is 0 Å². The molecule has 0 aromatic heterocycles. The molecular weight excluding hydrogens is 324 g/mol. The number of alkyl halides is 1. The molecule has 1 nitrogen and oxygen atoms in total. The predicted octanol–water partition coefficient (Wildman–Crippen LogP) is 4.98. The van der Waals surface area contributed by atoms with Crippen LogP contribution in [0.1, 0.15) is 45.5 Å². The van der Waals surface area contributed by atoms with E-state index in [4.69, 9.17) is 4.74 Å². The van der Waals surface area contributed by atoms with E-state index in [2.05, 4.69) is 52.3 Å². The van der Waals surface area contributed by atoms with Gasteiger partial charge in [-0.25, -0.2) is 0 Å². The minimum Gasteiger partial charge on any atom is -0.493 e. The second-order valence-corrected chi connectivity index (χ2v) is 6.98. The molecule has 21 heavy (non-hydrogen) atoms. The fraction of sp³-hybridized carbons (Fsp3) is 0.368. The fourth-order valence-electron chi connectivity index (χ4n) is 3.48. The average Bonchev–Trinajstić information content (AvgIpc) is 3.01. The normalized spacial score (nSPS) is 17.8. The Kier molecular flexibility index (Phi) is 3.50. The van der Waals surface area contributed by atoms with Crippen LogP contribution in [-0.4, -0.2) is 6.61 Å². The molecule has 1 atom stereocenters. The first-order valence-electron chi connectivity index (χ1n) is 7.83. The Hall–Kier alpha value is -1.28. The van der Waals surface area contributed by atoms with Crippen LogP contribution in [0.4, 0.5) is 0 Å². The van der Waals surface area contributed by atoms with Crippen molar-refractivity contribution in [2.45, 2.75) is 36.9 Å². The molecule has 0 N–H and O–H groups in total. The molecule has 0 bridgehead atoms. The summed E-state index contributed by atoms with van der Waals surface area (Å²) in [6.07, 6.45) is 6.05. The molecule has 0 amide bonds. The number of benzene rings is 2. The first-order valence-corrected chi connectivity index (χ1v) is 8.74. The van der Waals surface area contributed by atoms with Crippen LogP contribution in [0.15, 0.2) is 36.4 Å². The lowest BCUT2D eigenvalue weighted by Gasteiger charge is -2.20. The summed E-state index contributed by atoms with van der Waals surface area (Å²) in [5.41, 5.74) is 7.13. The number of halogens is 1. The molecule has 1 aliphatic carbocycles. The van der Waals surface area contributed by atoms with E-state index < -0.39 is 0 Å². The van der Waals surface area contributed by atoms with Gasteiger partial charge in [0, 0.05) is 0 Å². The van der Waals surface area contributed by atoms with Crippen molar-refractivity contribution in [3.8, 4) is 5.75 Å². The van der Waals surface area contributed by atoms with Gasteiger partial charge in [-0.05, 0) is 66.0 Å². The Labute approximate surface area is 134 Å². The number of hydrogen-bond acceptors (Lipinski definition) is 1. The highest BCUT2D eigenvalue weighted by atomic mass is 79.9. The summed E-state index contributed by atoms with van der Waals surface area (Å²) in [5.74, 6) is 1.07. The van der Waals surface area contributed by atoms with Crippen molar-refractivity contribution in [2.75, 3.05) is 6.61 Å². The van der Waals surface area contributed by atoms with E-state index in [0.29, 0.717) is 0 Å². The first kappa shape index (κ1) is 13.4. The third-order valence-electron chi connectivity index (χ3n) is 4.64. The number of rotatable bonds is 2. The van der Waals surface area contributed by atoms with Crippen molar-refractivity contribution in [3.05, 3.63) is 64.2 Å². The molecule has 4 rings (SSSR count). The molecule has 1 aliphatic heterocycles. The molecule has 0 saturated carbocycles. The van der Waals surface area contributed by atoms with E-state index in [1.807, 2.05) is 0 Å². The SMILES string of the molecule is BrC(c1ccc2c(c1)CCC2)c1ccc2c(c1)CCCO2. The minimum absolute atomic E-state index is 0.274. The molecule has 108 valence electrons. The van der Waals surface area contributed by atoms with E-state index in [1.54, 1.807) is 5.56 Å². The van der Waals surface area contributed by atoms with Gasteiger partial charge in [0.15, 0.2) is 0 Å². The van der Waals surface area contributed by atoms with Crippen LogP contribution in [0.25, 0.3) is 0 Å². The van der Waals surface area contributed by atoms with E-state index in [9.17, 15) is 0 Å². The Balaban J connectivity index is 1.66. The standard InChI is InChI=1S/C19H19BrO/c20-19(16-7-6-13-3-1-4-14(13)11-16)17-8-9-18-15(12-17)5-2-10-21-18/h6-9,11-12,19H,1-5,10H2. The molecular formula is C19H19BrO. The van der Waals surface area contributed by atoms with Crippen LogP contribution in [0.5, 0.6) is 5.75 Å². The summed E-state index contributed by atoms with van der Waals surface area (Å²) >= 11 is 3.89. The summed E-state index contributed by atoms with van der Waals surface area (Å²) in [4.78, 5) is 0.274. The molecule has 2 aromatic carbocycles. The molecule has 1 heterocycles. The highest BCUT2D eigenvalue weighted by Crippen LogP contribution is 2.36. The van der Waals surface area contributed by atoms with Crippen LogP contribution in [0.2, 0.25) is 0 Å². The van der Waals surface area contributed by atoms with E-state index >= 15 is 0 Å². The molecule has 0 spiro atoms. The van der Waals surface area contributed by atoms with Gasteiger partial charge in [0.1, 0.15) is 5.75 Å². The maximum atomic E-state index is 5.71. The van der Waals surface area contributed by atoms with Crippen molar-refractivity contribution >= 4 is 15.9 Å². The topological polar surface area (TPSA) is 9.23 Å². The Morgan fingerprint density at radius 3 is 2.43 bits per heavy atom. The summed E-state index contributed by atoms with van der Waals surface area (Å²) < 4.78 is 5.71. The third kappa shape index (κ3) is 2.50. The van der Waals surface area contributed by atoms with Gasteiger partial charge >= 0.3 is 0 Å². The van der Waals surface area contributed by atoms with Gasteiger partial charge in [-0.2, -0.15) is 0 Å². The molecule has 2 heteroatoms. The lowest BCUT2D eigenvalue weighted by atomic mass is 9.97. The van der Waals surface area contributed by atoms with Gasteiger partial charge in [0.25, 0.3) is 0 Å². The van der Waals surface area contributed by atoms with Gasteiger partial charge in [0.05, 0.1) is 11.4 Å². The fourth-order valence-corrected chi connectivity index (χ4v) is 4.05. The van der Waals surface area contributed by atoms with Crippen molar-refractivity contribution in [1.82, 2.24) is 0 Å². The van der Waals surface area contributed by atoms with Crippen molar-refractivity contribution in [3.63, 3.8) is 0 Å². The number of hydrogen-bond donors (Lipinski definition) is 0. The summed E-state index contributed by atoms with van der Waals surface area (Å²) in [6.45, 7) is 0.856. The summed E-state index contributed by atoms with van der Waals surface area (Å²) in [7, 11) is 0. The third-order valence-corrected chi connectivity index (χ3v) is 5.70. The van der Waals surface area contributed by atoms with Gasteiger partial charge in [-0.1, -0.05) is 46.3 Å². The van der Waals surface area contributed by atoms with Gasteiger partial charge < -0.3 is 4.74 Å². The Bertz CT molecular complexity index is 677. The van der Waals surface area contributed by atoms with E-state index in [1.165, 1.54) is 41.5 Å². The van der Waals surface area contributed by atoms with E-state index in [0.717, 1.165) is 25.2 Å². The molecule has 2 aromatic rings. The number of aryl methyl sites for hydroxylation is 3. The molecule has 0 radical (unpaired) electrons. The smallest absolute Gasteiger partial charge is 0.122 e. The highest BCUT2D eigenvalue weighted by Gasteiger charge is 2.18. The summed E-state index contributed by atoms with van der Waals surface area (Å²) in [6, 6.07) is 13.6. The molecule has 0 fully saturated rings. The highest BCUT2D eigenvalue weighted by molar-refractivity contribution is 9.09. The largest absolute Gasteiger partial charge is 0.493 e. The van der Waals surface area contributed by atoms with Crippen LogP contribution in [-0.2, 0) is 19.3 Å².